The molecule has 0 atom stereocenters. The third-order valence-electron chi connectivity index (χ3n) is 4.61. The van der Waals surface area contributed by atoms with Crippen molar-refractivity contribution >= 4 is 15.5 Å². The molecule has 6 nitrogen and oxygen atoms in total. The van der Waals surface area contributed by atoms with Gasteiger partial charge in [-0.1, -0.05) is 6.07 Å². The van der Waals surface area contributed by atoms with Gasteiger partial charge in [0, 0.05) is 45.0 Å². The van der Waals surface area contributed by atoms with Gasteiger partial charge in [-0.3, -0.25) is 4.90 Å². The molecule has 3 aromatic rings. The van der Waals surface area contributed by atoms with Gasteiger partial charge >= 0.3 is 0 Å². The molecule has 1 aliphatic rings. The topological polar surface area (TPSA) is 57.9 Å². The third kappa shape index (κ3) is 3.71. The molecule has 1 saturated heterocycles. The molecule has 0 spiro atoms. The maximum absolute atomic E-state index is 13.4. The molecule has 2 aromatic heterocycles. The van der Waals surface area contributed by atoms with E-state index in [4.69, 9.17) is 0 Å². The summed E-state index contributed by atoms with van der Waals surface area (Å²) in [5, 5.41) is 4.50. The summed E-state index contributed by atoms with van der Waals surface area (Å²) in [5.41, 5.74) is 1.91. The van der Waals surface area contributed by atoms with E-state index >= 15 is 0 Å². The highest BCUT2D eigenvalue weighted by atomic mass is 32.2. The van der Waals surface area contributed by atoms with Crippen molar-refractivity contribution in [2.24, 2.45) is 0 Å². The number of pyridine rings is 1. The van der Waals surface area contributed by atoms with Crippen LogP contribution in [0, 0.1) is 11.6 Å². The summed E-state index contributed by atoms with van der Waals surface area (Å²) in [6.07, 6.45) is 1.88. The van der Waals surface area contributed by atoms with Gasteiger partial charge < -0.3 is 0 Å². The number of nitrogens with zero attached hydrogens (tertiary/aromatic N) is 4. The van der Waals surface area contributed by atoms with Crippen molar-refractivity contribution in [1.82, 2.24) is 18.8 Å². The first-order chi connectivity index (χ1) is 12.9. The number of hydrogen-bond acceptors (Lipinski definition) is 4. The number of sulfonamides is 1. The van der Waals surface area contributed by atoms with Crippen molar-refractivity contribution in [2.45, 2.75) is 11.4 Å². The van der Waals surface area contributed by atoms with E-state index in [9.17, 15) is 17.2 Å². The maximum atomic E-state index is 13.4. The predicted octanol–water partition coefficient (Wildman–Crippen LogP) is 2.12. The van der Waals surface area contributed by atoms with Crippen molar-refractivity contribution in [2.75, 3.05) is 26.2 Å². The second-order valence-corrected chi connectivity index (χ2v) is 8.43. The Hall–Kier alpha value is -2.36. The van der Waals surface area contributed by atoms with Crippen LogP contribution in [0.25, 0.3) is 5.52 Å². The van der Waals surface area contributed by atoms with E-state index in [-0.39, 0.29) is 18.0 Å². The Balaban J connectivity index is 1.43. The smallest absolute Gasteiger partial charge is 0.243 e. The fourth-order valence-electron chi connectivity index (χ4n) is 3.25. The molecule has 0 N–H and O–H groups in total. The van der Waals surface area contributed by atoms with Crippen molar-refractivity contribution in [3.05, 3.63) is 66.0 Å². The van der Waals surface area contributed by atoms with Crippen LogP contribution in [-0.2, 0) is 16.6 Å². The van der Waals surface area contributed by atoms with Gasteiger partial charge in [-0.25, -0.2) is 21.7 Å². The van der Waals surface area contributed by atoms with Crippen LogP contribution in [0.1, 0.15) is 5.69 Å². The molecule has 0 amide bonds. The van der Waals surface area contributed by atoms with E-state index in [2.05, 4.69) is 10.00 Å². The van der Waals surface area contributed by atoms with E-state index in [0.717, 1.165) is 23.3 Å². The number of rotatable bonds is 4. The molecule has 0 radical (unpaired) electrons. The number of aromatic nitrogens is 2. The molecular formula is C18H18F2N4O2S. The van der Waals surface area contributed by atoms with Crippen LogP contribution in [0.4, 0.5) is 8.78 Å². The lowest BCUT2D eigenvalue weighted by atomic mass is 10.3. The zero-order valence-electron chi connectivity index (χ0n) is 14.4. The summed E-state index contributed by atoms with van der Waals surface area (Å²) in [6, 6.07) is 10.2. The van der Waals surface area contributed by atoms with Crippen LogP contribution in [0.2, 0.25) is 0 Å². The summed E-state index contributed by atoms with van der Waals surface area (Å²) in [4.78, 5) is 1.76. The number of piperazine rings is 1. The van der Waals surface area contributed by atoms with E-state index in [0.29, 0.717) is 25.7 Å². The molecule has 1 aliphatic heterocycles. The van der Waals surface area contributed by atoms with Gasteiger partial charge in [0.1, 0.15) is 11.6 Å². The molecule has 9 heteroatoms. The van der Waals surface area contributed by atoms with Gasteiger partial charge in [0.2, 0.25) is 10.0 Å². The summed E-state index contributed by atoms with van der Waals surface area (Å²) in [7, 11) is -3.92. The second kappa shape index (κ2) is 6.99. The minimum atomic E-state index is -3.92. The Kier molecular flexibility index (Phi) is 4.67. The van der Waals surface area contributed by atoms with Crippen LogP contribution < -0.4 is 0 Å². The van der Waals surface area contributed by atoms with E-state index in [1.54, 1.807) is 4.52 Å². The van der Waals surface area contributed by atoms with Crippen LogP contribution >= 0.6 is 0 Å². The third-order valence-corrected chi connectivity index (χ3v) is 6.49. The zero-order valence-corrected chi connectivity index (χ0v) is 15.2. The first kappa shape index (κ1) is 18.0. The molecule has 0 saturated carbocycles. The zero-order chi connectivity index (χ0) is 19.0. The van der Waals surface area contributed by atoms with E-state index < -0.39 is 21.7 Å². The average Bonchev–Trinajstić information content (AvgIpc) is 3.03. The van der Waals surface area contributed by atoms with Gasteiger partial charge in [0.05, 0.1) is 16.1 Å². The van der Waals surface area contributed by atoms with Crippen molar-refractivity contribution in [3.8, 4) is 0 Å². The first-order valence-corrected chi connectivity index (χ1v) is 9.98. The Labute approximate surface area is 155 Å². The number of hydrogen-bond donors (Lipinski definition) is 0. The average molecular weight is 392 g/mol. The largest absolute Gasteiger partial charge is 0.295 e. The second-order valence-electron chi connectivity index (χ2n) is 6.49. The standard InChI is InChI=1S/C18H18F2N4O2S/c19-14-9-15(20)11-18(10-14)27(25,26)23-7-5-22(6-8-23)13-16-12-17-3-1-2-4-24(17)21-16/h1-4,9-12H,5-8,13H2. The summed E-state index contributed by atoms with van der Waals surface area (Å²) >= 11 is 0. The van der Waals surface area contributed by atoms with Crippen molar-refractivity contribution < 1.29 is 17.2 Å². The fraction of sp³-hybridized carbons (Fsp3) is 0.278. The Morgan fingerprint density at radius 1 is 0.963 bits per heavy atom. The highest BCUT2D eigenvalue weighted by Gasteiger charge is 2.29. The minimum absolute atomic E-state index is 0.258. The molecular weight excluding hydrogens is 374 g/mol. The maximum Gasteiger partial charge on any atom is 0.243 e. The minimum Gasteiger partial charge on any atom is -0.295 e. The molecule has 1 fully saturated rings. The SMILES string of the molecule is O=S(=O)(c1cc(F)cc(F)c1)N1CCN(Cc2cc3ccccn3n2)CC1. The van der Waals surface area contributed by atoms with E-state index in [1.807, 2.05) is 30.5 Å². The van der Waals surface area contributed by atoms with Gasteiger partial charge in [0.15, 0.2) is 0 Å². The van der Waals surface area contributed by atoms with Gasteiger partial charge in [-0.2, -0.15) is 9.40 Å². The fourth-order valence-corrected chi connectivity index (χ4v) is 4.72. The first-order valence-electron chi connectivity index (χ1n) is 8.54. The van der Waals surface area contributed by atoms with Crippen LogP contribution in [-0.4, -0.2) is 53.4 Å². The summed E-state index contributed by atoms with van der Waals surface area (Å²) < 4.78 is 55.1. The molecule has 27 heavy (non-hydrogen) atoms. The molecule has 3 heterocycles. The lowest BCUT2D eigenvalue weighted by Gasteiger charge is -2.33. The molecule has 4 rings (SSSR count). The number of benzene rings is 1. The van der Waals surface area contributed by atoms with Crippen LogP contribution in [0.5, 0.6) is 0 Å². The summed E-state index contributed by atoms with van der Waals surface area (Å²) in [5.74, 6) is -1.81. The Morgan fingerprint density at radius 3 is 2.33 bits per heavy atom. The molecule has 0 unspecified atom stereocenters. The lowest BCUT2D eigenvalue weighted by Crippen LogP contribution is -2.48. The highest BCUT2D eigenvalue weighted by molar-refractivity contribution is 7.89. The van der Waals surface area contributed by atoms with Gasteiger partial charge in [0.25, 0.3) is 0 Å². The highest BCUT2D eigenvalue weighted by Crippen LogP contribution is 2.20. The molecule has 142 valence electrons. The van der Waals surface area contributed by atoms with Crippen molar-refractivity contribution in [3.63, 3.8) is 0 Å². The molecule has 0 aliphatic carbocycles. The van der Waals surface area contributed by atoms with Crippen LogP contribution in [0.3, 0.4) is 0 Å². The number of halogens is 2. The molecule has 1 aromatic carbocycles. The quantitative estimate of drug-likeness (QED) is 0.683. The Bertz CT molecular complexity index is 1020. The Morgan fingerprint density at radius 2 is 1.67 bits per heavy atom. The predicted molar refractivity (Wildman–Crippen MR) is 95.6 cm³/mol. The van der Waals surface area contributed by atoms with Gasteiger partial charge in [-0.15, -0.1) is 0 Å². The van der Waals surface area contributed by atoms with Crippen LogP contribution in [0.15, 0.2) is 53.6 Å². The number of fused-ring (bicyclic) bond motifs is 1. The van der Waals surface area contributed by atoms with Crippen molar-refractivity contribution in [1.29, 1.82) is 0 Å². The van der Waals surface area contributed by atoms with Gasteiger partial charge in [-0.05, 0) is 30.3 Å². The normalized spacial score (nSPS) is 16.8. The van der Waals surface area contributed by atoms with E-state index in [1.165, 1.54) is 4.31 Å². The lowest BCUT2D eigenvalue weighted by molar-refractivity contribution is 0.179. The monoisotopic (exact) mass is 392 g/mol. The summed E-state index contributed by atoms with van der Waals surface area (Å²) in [6.45, 7) is 2.17. The molecule has 0 bridgehead atoms.